The lowest BCUT2D eigenvalue weighted by atomic mass is 10.0. The van der Waals surface area contributed by atoms with Gasteiger partial charge in [0.2, 0.25) is 0 Å². The first-order chi connectivity index (χ1) is 8.70. The van der Waals surface area contributed by atoms with Gasteiger partial charge in [0, 0.05) is 12.0 Å². The molecule has 0 radical (unpaired) electrons. The van der Waals surface area contributed by atoms with Crippen LogP contribution in [0.3, 0.4) is 0 Å². The van der Waals surface area contributed by atoms with Crippen LogP contribution in [0.2, 0.25) is 0 Å². The lowest BCUT2D eigenvalue weighted by Crippen LogP contribution is -2.26. The van der Waals surface area contributed by atoms with Crippen LogP contribution in [0, 0.1) is 0 Å². The molecule has 0 bridgehead atoms. The molecule has 1 aliphatic carbocycles. The molecule has 1 heterocycles. The minimum atomic E-state index is -0.247. The Hall–Kier alpha value is -0.940. The average molecular weight is 269 g/mol. The fourth-order valence-electron chi connectivity index (χ4n) is 2.46. The smallest absolute Gasteiger partial charge is 0.311 e. The van der Waals surface area contributed by atoms with Crippen molar-refractivity contribution in [3.63, 3.8) is 0 Å². The van der Waals surface area contributed by atoms with Gasteiger partial charge in [0.25, 0.3) is 0 Å². The second kappa shape index (κ2) is 5.80. The fourth-order valence-corrected chi connectivity index (χ4v) is 3.49. The number of nitrogens with zero attached hydrogens (tertiary/aromatic N) is 1. The van der Waals surface area contributed by atoms with Crippen LogP contribution in [-0.4, -0.2) is 24.7 Å². The van der Waals surface area contributed by atoms with Crippen molar-refractivity contribution in [2.45, 2.75) is 44.6 Å². The van der Waals surface area contributed by atoms with E-state index in [1.54, 1.807) is 11.3 Å². The Morgan fingerprint density at radius 1 is 1.50 bits per heavy atom. The number of carbonyl (C=O) groups excluding carboxylic acids is 1. The first kappa shape index (κ1) is 13.5. The quantitative estimate of drug-likeness (QED) is 0.771. The van der Waals surface area contributed by atoms with Crippen molar-refractivity contribution in [3.8, 4) is 0 Å². The number of rotatable bonds is 5. The molecule has 5 heteroatoms. The Kier molecular flexibility index (Phi) is 4.35. The molecule has 0 atom stereocenters. The highest BCUT2D eigenvalue weighted by atomic mass is 32.1. The van der Waals surface area contributed by atoms with Crippen LogP contribution < -0.4 is 0 Å². The van der Waals surface area contributed by atoms with Crippen LogP contribution in [0.4, 0.5) is 0 Å². The topological polar surface area (TPSA) is 48.4 Å². The molecule has 0 saturated heterocycles. The zero-order valence-corrected chi connectivity index (χ0v) is 11.7. The summed E-state index contributed by atoms with van der Waals surface area (Å²) in [7, 11) is 1.40. The maximum absolute atomic E-state index is 11.2. The second-order valence-electron chi connectivity index (χ2n) is 4.53. The molecule has 0 spiro atoms. The van der Waals surface area contributed by atoms with E-state index in [4.69, 9.17) is 4.74 Å². The van der Waals surface area contributed by atoms with Crippen molar-refractivity contribution in [1.82, 2.24) is 4.98 Å². The summed E-state index contributed by atoms with van der Waals surface area (Å²) in [4.78, 5) is 15.8. The third-order valence-electron chi connectivity index (χ3n) is 3.33. The molecule has 100 valence electrons. The third kappa shape index (κ3) is 2.72. The highest BCUT2D eigenvalue weighted by molar-refractivity contribution is 7.09. The van der Waals surface area contributed by atoms with E-state index in [9.17, 15) is 4.79 Å². The van der Waals surface area contributed by atoms with Crippen molar-refractivity contribution < 1.29 is 14.3 Å². The maximum Gasteiger partial charge on any atom is 0.311 e. The molecule has 0 aliphatic heterocycles. The van der Waals surface area contributed by atoms with Gasteiger partial charge in [-0.05, 0) is 19.8 Å². The lowest BCUT2D eigenvalue weighted by Gasteiger charge is -2.26. The summed E-state index contributed by atoms with van der Waals surface area (Å²) in [5, 5.41) is 2.95. The Labute approximate surface area is 111 Å². The fraction of sp³-hybridized carbons (Fsp3) is 0.692. The average Bonchev–Trinajstić information content (AvgIpc) is 2.99. The monoisotopic (exact) mass is 269 g/mol. The van der Waals surface area contributed by atoms with Gasteiger partial charge in [-0.15, -0.1) is 11.3 Å². The van der Waals surface area contributed by atoms with Gasteiger partial charge in [-0.2, -0.15) is 0 Å². The molecule has 0 N–H and O–H groups in total. The summed E-state index contributed by atoms with van der Waals surface area (Å²) in [5.41, 5.74) is 0.584. The van der Waals surface area contributed by atoms with Gasteiger partial charge in [-0.1, -0.05) is 12.8 Å². The largest absolute Gasteiger partial charge is 0.469 e. The van der Waals surface area contributed by atoms with Gasteiger partial charge < -0.3 is 9.47 Å². The molecule has 1 aromatic rings. The molecule has 1 aliphatic rings. The minimum Gasteiger partial charge on any atom is -0.469 e. The molecule has 2 rings (SSSR count). The molecule has 0 unspecified atom stereocenters. The number of thiazole rings is 1. The van der Waals surface area contributed by atoms with Gasteiger partial charge in [0.15, 0.2) is 0 Å². The van der Waals surface area contributed by atoms with Crippen molar-refractivity contribution in [2.75, 3.05) is 13.7 Å². The zero-order chi connectivity index (χ0) is 13.0. The number of methoxy groups -OCH3 is 1. The first-order valence-electron chi connectivity index (χ1n) is 6.36. The van der Waals surface area contributed by atoms with E-state index in [2.05, 4.69) is 9.72 Å². The van der Waals surface area contributed by atoms with Crippen molar-refractivity contribution in [1.29, 1.82) is 0 Å². The van der Waals surface area contributed by atoms with Crippen molar-refractivity contribution >= 4 is 17.3 Å². The number of esters is 1. The molecule has 1 aromatic heterocycles. The van der Waals surface area contributed by atoms with E-state index >= 15 is 0 Å². The molecule has 0 amide bonds. The Morgan fingerprint density at radius 3 is 2.83 bits per heavy atom. The van der Waals surface area contributed by atoms with Crippen LogP contribution in [0.5, 0.6) is 0 Å². The molecular weight excluding hydrogens is 250 g/mol. The third-order valence-corrected chi connectivity index (χ3v) is 4.40. The van der Waals surface area contributed by atoms with Crippen LogP contribution in [0.25, 0.3) is 0 Å². The lowest BCUT2D eigenvalue weighted by molar-refractivity contribution is -0.139. The SMILES string of the molecule is CCOC1(c2nc(CC(=O)OC)cs2)CCCC1. The minimum absolute atomic E-state index is 0.201. The van der Waals surface area contributed by atoms with Crippen LogP contribution in [0.15, 0.2) is 5.38 Å². The molecule has 1 saturated carbocycles. The zero-order valence-electron chi connectivity index (χ0n) is 10.9. The van der Waals surface area contributed by atoms with Crippen LogP contribution >= 0.6 is 11.3 Å². The standard InChI is InChI=1S/C13H19NO3S/c1-3-17-13(6-4-5-7-13)12-14-10(9-18-12)8-11(15)16-2/h9H,3-8H2,1-2H3. The van der Waals surface area contributed by atoms with Crippen LogP contribution in [-0.2, 0) is 26.3 Å². The first-order valence-corrected chi connectivity index (χ1v) is 7.24. The number of ether oxygens (including phenoxy) is 2. The van der Waals surface area contributed by atoms with Crippen molar-refractivity contribution in [2.24, 2.45) is 0 Å². The van der Waals surface area contributed by atoms with E-state index in [0.717, 1.165) is 23.5 Å². The van der Waals surface area contributed by atoms with Crippen molar-refractivity contribution in [3.05, 3.63) is 16.1 Å². The highest BCUT2D eigenvalue weighted by Crippen LogP contribution is 2.43. The Morgan fingerprint density at radius 2 is 2.22 bits per heavy atom. The number of hydrogen-bond acceptors (Lipinski definition) is 5. The van der Waals surface area contributed by atoms with Gasteiger partial charge in [0.1, 0.15) is 10.6 Å². The van der Waals surface area contributed by atoms with Gasteiger partial charge in [0.05, 0.1) is 19.2 Å². The van der Waals surface area contributed by atoms with Gasteiger partial charge >= 0.3 is 5.97 Å². The predicted molar refractivity (Wildman–Crippen MR) is 69.6 cm³/mol. The Bertz CT molecular complexity index is 410. The number of aromatic nitrogens is 1. The molecule has 18 heavy (non-hydrogen) atoms. The number of carbonyl (C=O) groups is 1. The van der Waals surface area contributed by atoms with E-state index in [1.165, 1.54) is 20.0 Å². The molecule has 1 fully saturated rings. The summed E-state index contributed by atoms with van der Waals surface area (Å²) < 4.78 is 10.6. The highest BCUT2D eigenvalue weighted by Gasteiger charge is 2.39. The summed E-state index contributed by atoms with van der Waals surface area (Å²) in [5.74, 6) is -0.247. The molecular formula is C13H19NO3S. The number of hydrogen-bond donors (Lipinski definition) is 0. The van der Waals surface area contributed by atoms with E-state index in [-0.39, 0.29) is 18.0 Å². The second-order valence-corrected chi connectivity index (χ2v) is 5.39. The molecule has 0 aromatic carbocycles. The van der Waals surface area contributed by atoms with Crippen LogP contribution in [0.1, 0.15) is 43.3 Å². The molecule has 4 nitrogen and oxygen atoms in total. The Balaban J connectivity index is 2.14. The van der Waals surface area contributed by atoms with Gasteiger partial charge in [-0.3, -0.25) is 4.79 Å². The predicted octanol–water partition coefficient (Wildman–Crippen LogP) is 2.66. The van der Waals surface area contributed by atoms with E-state index in [0.29, 0.717) is 6.61 Å². The van der Waals surface area contributed by atoms with E-state index in [1.807, 2.05) is 12.3 Å². The summed E-state index contributed by atoms with van der Waals surface area (Å²) >= 11 is 1.59. The summed E-state index contributed by atoms with van der Waals surface area (Å²) in [6.45, 7) is 2.72. The summed E-state index contributed by atoms with van der Waals surface area (Å²) in [6.07, 6.45) is 4.69. The maximum atomic E-state index is 11.2. The summed E-state index contributed by atoms with van der Waals surface area (Å²) in [6, 6.07) is 0. The van der Waals surface area contributed by atoms with Gasteiger partial charge in [-0.25, -0.2) is 4.98 Å². The van der Waals surface area contributed by atoms with E-state index < -0.39 is 0 Å². The normalized spacial score (nSPS) is 17.9.